The maximum absolute atomic E-state index is 12.5. The smallest absolute Gasteiger partial charge is 0.251 e. The molecule has 0 radical (unpaired) electrons. The second-order valence-electron chi connectivity index (χ2n) is 5.56. The number of carbonyl (C=O) groups excluding carboxylic acids is 1. The number of benzene rings is 2. The van der Waals surface area contributed by atoms with Crippen molar-refractivity contribution >= 4 is 5.91 Å². The molecule has 0 heterocycles. The minimum absolute atomic E-state index is 0.0533. The third kappa shape index (κ3) is 2.64. The van der Waals surface area contributed by atoms with Crippen molar-refractivity contribution in [3.63, 3.8) is 0 Å². The van der Waals surface area contributed by atoms with Crippen LogP contribution in [0.15, 0.2) is 48.5 Å². The van der Waals surface area contributed by atoms with E-state index in [0.29, 0.717) is 17.2 Å². The highest BCUT2D eigenvalue weighted by Crippen LogP contribution is 2.35. The second kappa shape index (κ2) is 5.60. The van der Waals surface area contributed by atoms with Crippen LogP contribution in [-0.2, 0) is 6.42 Å². The first-order chi connectivity index (χ1) is 10.2. The van der Waals surface area contributed by atoms with Crippen molar-refractivity contribution in [1.82, 2.24) is 5.32 Å². The standard InChI is InChI=1S/C18H19NO2/c1-12-10-13-6-3-4-9-16(13)17(12)19-18(20)14-7-5-8-15(11-14)21-2/h3-9,11-12,17H,10H2,1-2H3,(H,19,20)/t12-,17-/m0/s1. The largest absolute Gasteiger partial charge is 0.497 e. The lowest BCUT2D eigenvalue weighted by atomic mass is 10.0. The Labute approximate surface area is 124 Å². The van der Waals surface area contributed by atoms with Crippen molar-refractivity contribution in [3.8, 4) is 5.75 Å². The fraction of sp³-hybridized carbons (Fsp3) is 0.278. The Morgan fingerprint density at radius 1 is 1.19 bits per heavy atom. The number of amides is 1. The summed E-state index contributed by atoms with van der Waals surface area (Å²) in [5.41, 5.74) is 3.20. The molecule has 1 aliphatic carbocycles. The third-order valence-corrected chi connectivity index (χ3v) is 4.12. The number of fused-ring (bicyclic) bond motifs is 1. The summed E-state index contributed by atoms with van der Waals surface area (Å²) in [4.78, 5) is 12.5. The van der Waals surface area contributed by atoms with Crippen molar-refractivity contribution in [2.75, 3.05) is 7.11 Å². The Kier molecular flexibility index (Phi) is 3.65. The molecule has 1 N–H and O–H groups in total. The van der Waals surface area contributed by atoms with Crippen LogP contribution in [0.4, 0.5) is 0 Å². The Hall–Kier alpha value is -2.29. The first-order valence-corrected chi connectivity index (χ1v) is 7.22. The van der Waals surface area contributed by atoms with E-state index in [9.17, 15) is 4.79 Å². The van der Waals surface area contributed by atoms with Gasteiger partial charge in [0.15, 0.2) is 0 Å². The van der Waals surface area contributed by atoms with E-state index in [1.807, 2.05) is 24.3 Å². The Balaban J connectivity index is 1.81. The van der Waals surface area contributed by atoms with Crippen LogP contribution in [0.2, 0.25) is 0 Å². The molecule has 0 saturated heterocycles. The third-order valence-electron chi connectivity index (χ3n) is 4.12. The van der Waals surface area contributed by atoms with Gasteiger partial charge in [0.25, 0.3) is 5.91 Å². The topological polar surface area (TPSA) is 38.3 Å². The Morgan fingerprint density at radius 3 is 2.81 bits per heavy atom. The Bertz CT molecular complexity index is 666. The molecular formula is C18H19NO2. The number of ether oxygens (including phenoxy) is 1. The van der Waals surface area contributed by atoms with Crippen molar-refractivity contribution in [2.45, 2.75) is 19.4 Å². The summed E-state index contributed by atoms with van der Waals surface area (Å²) in [6, 6.07) is 15.7. The van der Waals surface area contributed by atoms with Crippen LogP contribution in [0.3, 0.4) is 0 Å². The normalized spacial score (nSPS) is 19.9. The molecule has 2 atom stereocenters. The van der Waals surface area contributed by atoms with Gasteiger partial charge in [0.05, 0.1) is 13.2 Å². The molecule has 0 unspecified atom stereocenters. The lowest BCUT2D eigenvalue weighted by Gasteiger charge is -2.19. The maximum Gasteiger partial charge on any atom is 0.251 e. The van der Waals surface area contributed by atoms with Crippen LogP contribution < -0.4 is 10.1 Å². The first-order valence-electron chi connectivity index (χ1n) is 7.22. The van der Waals surface area contributed by atoms with Crippen LogP contribution in [0.25, 0.3) is 0 Å². The predicted octanol–water partition coefficient (Wildman–Crippen LogP) is 3.36. The number of rotatable bonds is 3. The molecule has 3 heteroatoms. The molecule has 0 bridgehead atoms. The first kappa shape index (κ1) is 13.7. The van der Waals surface area contributed by atoms with Crippen molar-refractivity contribution in [3.05, 3.63) is 65.2 Å². The fourth-order valence-corrected chi connectivity index (χ4v) is 3.00. The van der Waals surface area contributed by atoms with Crippen LogP contribution in [-0.4, -0.2) is 13.0 Å². The zero-order valence-electron chi connectivity index (χ0n) is 12.3. The van der Waals surface area contributed by atoms with Gasteiger partial charge in [0.1, 0.15) is 5.75 Å². The van der Waals surface area contributed by atoms with E-state index >= 15 is 0 Å². The van der Waals surface area contributed by atoms with Gasteiger partial charge < -0.3 is 10.1 Å². The van der Waals surface area contributed by atoms with Gasteiger partial charge in [0, 0.05) is 5.56 Å². The van der Waals surface area contributed by atoms with E-state index in [2.05, 4.69) is 30.4 Å². The molecule has 0 spiro atoms. The number of methoxy groups -OCH3 is 1. The van der Waals surface area contributed by atoms with Gasteiger partial charge in [-0.3, -0.25) is 4.79 Å². The van der Waals surface area contributed by atoms with Crippen LogP contribution in [0.5, 0.6) is 5.75 Å². The SMILES string of the molecule is COc1cccc(C(=O)N[C@@H]2c3ccccc3C[C@@H]2C)c1. The summed E-state index contributed by atoms with van der Waals surface area (Å²) in [5, 5.41) is 3.16. The summed E-state index contributed by atoms with van der Waals surface area (Å²) in [6.07, 6.45) is 1.01. The monoisotopic (exact) mass is 281 g/mol. The molecule has 3 rings (SSSR count). The van der Waals surface area contributed by atoms with E-state index in [1.165, 1.54) is 11.1 Å². The van der Waals surface area contributed by atoms with Gasteiger partial charge in [-0.2, -0.15) is 0 Å². The lowest BCUT2D eigenvalue weighted by molar-refractivity contribution is 0.0927. The van der Waals surface area contributed by atoms with Crippen LogP contribution >= 0.6 is 0 Å². The molecule has 2 aromatic rings. The minimum Gasteiger partial charge on any atom is -0.497 e. The number of hydrogen-bond donors (Lipinski definition) is 1. The van der Waals surface area contributed by atoms with Gasteiger partial charge in [0.2, 0.25) is 0 Å². The summed E-state index contributed by atoms with van der Waals surface area (Å²) in [7, 11) is 1.60. The van der Waals surface area contributed by atoms with E-state index in [-0.39, 0.29) is 11.9 Å². The van der Waals surface area contributed by atoms with Crippen molar-refractivity contribution < 1.29 is 9.53 Å². The zero-order chi connectivity index (χ0) is 14.8. The number of nitrogens with one attached hydrogen (secondary N) is 1. The van der Waals surface area contributed by atoms with E-state index in [4.69, 9.17) is 4.74 Å². The fourth-order valence-electron chi connectivity index (χ4n) is 3.00. The molecule has 0 fully saturated rings. The molecule has 2 aromatic carbocycles. The van der Waals surface area contributed by atoms with Crippen LogP contribution in [0.1, 0.15) is 34.5 Å². The predicted molar refractivity (Wildman–Crippen MR) is 82.5 cm³/mol. The molecule has 1 amide bonds. The second-order valence-corrected chi connectivity index (χ2v) is 5.56. The van der Waals surface area contributed by atoms with Gasteiger partial charge in [-0.25, -0.2) is 0 Å². The molecule has 0 aromatic heterocycles. The summed E-state index contributed by atoms with van der Waals surface area (Å²) >= 11 is 0. The molecule has 3 nitrogen and oxygen atoms in total. The molecule has 108 valence electrons. The Morgan fingerprint density at radius 2 is 2.00 bits per heavy atom. The van der Waals surface area contributed by atoms with Gasteiger partial charge >= 0.3 is 0 Å². The molecule has 21 heavy (non-hydrogen) atoms. The van der Waals surface area contributed by atoms with Crippen molar-refractivity contribution in [2.24, 2.45) is 5.92 Å². The van der Waals surface area contributed by atoms with E-state index in [0.717, 1.165) is 6.42 Å². The number of hydrogen-bond acceptors (Lipinski definition) is 2. The van der Waals surface area contributed by atoms with E-state index < -0.39 is 0 Å². The highest BCUT2D eigenvalue weighted by Gasteiger charge is 2.30. The van der Waals surface area contributed by atoms with E-state index in [1.54, 1.807) is 13.2 Å². The quantitative estimate of drug-likeness (QED) is 0.937. The zero-order valence-corrected chi connectivity index (χ0v) is 12.3. The van der Waals surface area contributed by atoms with Crippen molar-refractivity contribution in [1.29, 1.82) is 0 Å². The molecular weight excluding hydrogens is 262 g/mol. The average Bonchev–Trinajstić information content (AvgIpc) is 2.83. The van der Waals surface area contributed by atoms with Gasteiger partial charge in [-0.1, -0.05) is 37.3 Å². The minimum atomic E-state index is -0.0533. The maximum atomic E-state index is 12.5. The highest BCUT2D eigenvalue weighted by atomic mass is 16.5. The summed E-state index contributed by atoms with van der Waals surface area (Å²) in [6.45, 7) is 2.18. The average molecular weight is 281 g/mol. The van der Waals surface area contributed by atoms with Crippen LogP contribution in [0, 0.1) is 5.92 Å². The molecule has 0 saturated carbocycles. The summed E-state index contributed by atoms with van der Waals surface area (Å²) in [5.74, 6) is 1.06. The molecule has 0 aliphatic heterocycles. The lowest BCUT2D eigenvalue weighted by Crippen LogP contribution is -2.30. The van der Waals surface area contributed by atoms with Gasteiger partial charge in [-0.15, -0.1) is 0 Å². The van der Waals surface area contributed by atoms with Gasteiger partial charge in [-0.05, 0) is 41.7 Å². The highest BCUT2D eigenvalue weighted by molar-refractivity contribution is 5.94. The number of carbonyl (C=O) groups is 1. The summed E-state index contributed by atoms with van der Waals surface area (Å²) < 4.78 is 5.17. The molecule has 1 aliphatic rings.